The molecule has 0 spiro atoms. The highest BCUT2D eigenvalue weighted by Crippen LogP contribution is 2.33. The van der Waals surface area contributed by atoms with Crippen LogP contribution in [-0.4, -0.2) is 16.5 Å². The van der Waals surface area contributed by atoms with E-state index in [1.807, 2.05) is 6.92 Å². The SMILES string of the molecule is CC1=NN(c2cccc(Cl)c2C)C(=O)/C1=C\c1ccc(-c2ccccc2[N+](=O)[O-])o1. The second-order valence-electron chi connectivity index (χ2n) is 6.72. The lowest BCUT2D eigenvalue weighted by Gasteiger charge is -2.15. The molecule has 7 nitrogen and oxygen atoms in total. The van der Waals surface area contributed by atoms with Gasteiger partial charge < -0.3 is 4.42 Å². The fraction of sp³-hybridized carbons (Fsp3) is 0.0909. The van der Waals surface area contributed by atoms with Gasteiger partial charge in [-0.1, -0.05) is 29.8 Å². The monoisotopic (exact) mass is 421 g/mol. The number of para-hydroxylation sites is 1. The molecule has 1 amide bonds. The minimum atomic E-state index is -0.460. The van der Waals surface area contributed by atoms with E-state index >= 15 is 0 Å². The molecule has 0 fully saturated rings. The van der Waals surface area contributed by atoms with Crippen LogP contribution in [0.5, 0.6) is 0 Å². The Bertz CT molecular complexity index is 1240. The summed E-state index contributed by atoms with van der Waals surface area (Å²) in [4.78, 5) is 23.8. The normalized spacial score (nSPS) is 15.0. The summed E-state index contributed by atoms with van der Waals surface area (Å²) >= 11 is 6.17. The molecule has 150 valence electrons. The van der Waals surface area contributed by atoms with Crippen LogP contribution in [0.3, 0.4) is 0 Å². The van der Waals surface area contributed by atoms with Crippen molar-refractivity contribution in [3.63, 3.8) is 0 Å². The number of hydrogen-bond acceptors (Lipinski definition) is 5. The minimum absolute atomic E-state index is 0.0525. The van der Waals surface area contributed by atoms with Gasteiger partial charge in [0.15, 0.2) is 0 Å². The van der Waals surface area contributed by atoms with Crippen LogP contribution in [0.25, 0.3) is 17.4 Å². The fourth-order valence-corrected chi connectivity index (χ4v) is 3.40. The van der Waals surface area contributed by atoms with Gasteiger partial charge >= 0.3 is 0 Å². The number of carbonyl (C=O) groups is 1. The van der Waals surface area contributed by atoms with Crippen molar-refractivity contribution < 1.29 is 14.1 Å². The van der Waals surface area contributed by atoms with E-state index in [1.165, 1.54) is 11.1 Å². The van der Waals surface area contributed by atoms with Gasteiger partial charge in [-0.25, -0.2) is 0 Å². The van der Waals surface area contributed by atoms with Crippen molar-refractivity contribution in [1.29, 1.82) is 0 Å². The molecule has 2 aromatic carbocycles. The molecular weight excluding hydrogens is 406 g/mol. The summed E-state index contributed by atoms with van der Waals surface area (Å²) in [6.45, 7) is 3.55. The summed E-state index contributed by atoms with van der Waals surface area (Å²) in [5.74, 6) is 0.434. The lowest BCUT2D eigenvalue weighted by molar-refractivity contribution is -0.384. The number of furan rings is 1. The summed E-state index contributed by atoms with van der Waals surface area (Å²) in [6, 6.07) is 14.9. The minimum Gasteiger partial charge on any atom is -0.456 e. The van der Waals surface area contributed by atoms with E-state index in [9.17, 15) is 14.9 Å². The summed E-state index contributed by atoms with van der Waals surface area (Å²) in [5.41, 5.74) is 2.58. The topological polar surface area (TPSA) is 89.0 Å². The molecule has 0 atom stereocenters. The molecule has 8 heteroatoms. The van der Waals surface area contributed by atoms with Crippen LogP contribution >= 0.6 is 11.6 Å². The molecule has 1 aromatic heterocycles. The van der Waals surface area contributed by atoms with E-state index in [-0.39, 0.29) is 11.6 Å². The number of hydrogen-bond donors (Lipinski definition) is 0. The molecule has 0 unspecified atom stereocenters. The lowest BCUT2D eigenvalue weighted by atomic mass is 10.1. The van der Waals surface area contributed by atoms with Crippen molar-refractivity contribution >= 4 is 40.7 Å². The first-order valence-electron chi connectivity index (χ1n) is 9.07. The standard InChI is InChI=1S/C22H16ClN3O4/c1-13-18(23)7-5-9-19(13)25-22(27)17(14(2)24-25)12-15-10-11-21(30-15)16-6-3-4-8-20(16)26(28)29/h3-12H,1-2H3/b17-12-. The molecule has 0 aliphatic carbocycles. The van der Waals surface area contributed by atoms with E-state index in [4.69, 9.17) is 16.0 Å². The molecule has 1 aliphatic heterocycles. The van der Waals surface area contributed by atoms with Crippen LogP contribution in [0.2, 0.25) is 5.02 Å². The summed E-state index contributed by atoms with van der Waals surface area (Å²) in [7, 11) is 0. The first kappa shape index (κ1) is 19.6. The van der Waals surface area contributed by atoms with Crippen molar-refractivity contribution in [1.82, 2.24) is 0 Å². The molecule has 1 aliphatic rings. The van der Waals surface area contributed by atoms with Gasteiger partial charge in [-0.05, 0) is 55.8 Å². The second kappa shape index (κ2) is 7.61. The van der Waals surface area contributed by atoms with Crippen LogP contribution in [0, 0.1) is 17.0 Å². The zero-order valence-electron chi connectivity index (χ0n) is 16.1. The van der Waals surface area contributed by atoms with E-state index < -0.39 is 4.92 Å². The van der Waals surface area contributed by atoms with Gasteiger partial charge in [0.2, 0.25) is 0 Å². The Morgan fingerprint density at radius 1 is 1.10 bits per heavy atom. The zero-order valence-corrected chi connectivity index (χ0v) is 16.9. The molecule has 2 heterocycles. The first-order chi connectivity index (χ1) is 14.4. The van der Waals surface area contributed by atoms with Crippen molar-refractivity contribution in [2.24, 2.45) is 5.10 Å². The van der Waals surface area contributed by atoms with E-state index in [2.05, 4.69) is 5.10 Å². The number of halogens is 1. The highest BCUT2D eigenvalue weighted by molar-refractivity contribution is 6.34. The molecule has 0 N–H and O–H groups in total. The Labute approximate surface area is 177 Å². The first-order valence-corrected chi connectivity index (χ1v) is 9.45. The number of nitro benzene ring substituents is 1. The molecule has 0 bridgehead atoms. The van der Waals surface area contributed by atoms with Gasteiger partial charge in [0, 0.05) is 11.1 Å². The molecule has 4 rings (SSSR count). The third-order valence-corrected chi connectivity index (χ3v) is 5.22. The Balaban J connectivity index is 1.67. The van der Waals surface area contributed by atoms with Crippen molar-refractivity contribution in [2.75, 3.05) is 5.01 Å². The largest absolute Gasteiger partial charge is 0.456 e. The Hall–Kier alpha value is -3.71. The predicted molar refractivity (Wildman–Crippen MR) is 116 cm³/mol. The Kier molecular flexibility index (Phi) is 4.97. The molecule has 0 radical (unpaired) electrons. The van der Waals surface area contributed by atoms with E-state index in [0.29, 0.717) is 39.1 Å². The predicted octanol–water partition coefficient (Wildman–Crippen LogP) is 5.62. The van der Waals surface area contributed by atoms with E-state index in [1.54, 1.807) is 61.5 Å². The highest BCUT2D eigenvalue weighted by Gasteiger charge is 2.30. The molecular formula is C22H16ClN3O4. The average molecular weight is 422 g/mol. The number of benzene rings is 2. The van der Waals surface area contributed by atoms with Gasteiger partial charge in [0.25, 0.3) is 11.6 Å². The number of amides is 1. The number of carbonyl (C=O) groups excluding carboxylic acids is 1. The van der Waals surface area contributed by atoms with Gasteiger partial charge in [0.1, 0.15) is 11.5 Å². The van der Waals surface area contributed by atoms with Crippen LogP contribution in [0.15, 0.2) is 69.7 Å². The van der Waals surface area contributed by atoms with Crippen molar-refractivity contribution in [2.45, 2.75) is 13.8 Å². The molecule has 0 saturated carbocycles. The lowest BCUT2D eigenvalue weighted by Crippen LogP contribution is -2.22. The van der Waals surface area contributed by atoms with Crippen LogP contribution in [0.1, 0.15) is 18.2 Å². The van der Waals surface area contributed by atoms with Crippen molar-refractivity contribution in [3.8, 4) is 11.3 Å². The molecule has 30 heavy (non-hydrogen) atoms. The third-order valence-electron chi connectivity index (χ3n) is 4.81. The maximum Gasteiger partial charge on any atom is 0.280 e. The summed E-state index contributed by atoms with van der Waals surface area (Å²) in [6.07, 6.45) is 1.58. The number of nitrogens with zero attached hydrogens (tertiary/aromatic N) is 3. The third kappa shape index (κ3) is 3.40. The van der Waals surface area contributed by atoms with Gasteiger partial charge in [-0.3, -0.25) is 14.9 Å². The number of anilines is 1. The van der Waals surface area contributed by atoms with Crippen LogP contribution in [-0.2, 0) is 4.79 Å². The maximum absolute atomic E-state index is 13.0. The number of nitro groups is 1. The molecule has 0 saturated heterocycles. The quantitative estimate of drug-likeness (QED) is 0.310. The zero-order chi connectivity index (χ0) is 21.4. The Morgan fingerprint density at radius 3 is 2.63 bits per heavy atom. The number of hydrazone groups is 1. The summed E-state index contributed by atoms with van der Waals surface area (Å²) in [5, 5.41) is 17.5. The molecule has 3 aromatic rings. The van der Waals surface area contributed by atoms with Crippen molar-refractivity contribution in [3.05, 3.63) is 86.6 Å². The van der Waals surface area contributed by atoms with Crippen LogP contribution in [0.4, 0.5) is 11.4 Å². The van der Waals surface area contributed by atoms with Crippen LogP contribution < -0.4 is 5.01 Å². The Morgan fingerprint density at radius 2 is 1.87 bits per heavy atom. The smallest absolute Gasteiger partial charge is 0.280 e. The fourth-order valence-electron chi connectivity index (χ4n) is 3.23. The van der Waals surface area contributed by atoms with E-state index in [0.717, 1.165) is 5.56 Å². The highest BCUT2D eigenvalue weighted by atomic mass is 35.5. The summed E-state index contributed by atoms with van der Waals surface area (Å²) < 4.78 is 5.78. The maximum atomic E-state index is 13.0. The second-order valence-corrected chi connectivity index (χ2v) is 7.13. The number of rotatable bonds is 4. The van der Waals surface area contributed by atoms with Gasteiger partial charge in [-0.15, -0.1) is 0 Å². The average Bonchev–Trinajstić information content (AvgIpc) is 3.30. The van der Waals surface area contributed by atoms with Gasteiger partial charge in [-0.2, -0.15) is 10.1 Å². The van der Waals surface area contributed by atoms with Gasteiger partial charge in [0.05, 0.1) is 27.5 Å².